The fourth-order valence-electron chi connectivity index (χ4n) is 2.64. The number of non-ortho nitro benzene ring substituents is 1. The van der Waals surface area contributed by atoms with Crippen LogP contribution in [0.4, 0.5) is 11.4 Å². The minimum Gasteiger partial charge on any atom is -0.326 e. The number of rotatable bonds is 6. The zero-order valence-corrected chi connectivity index (χ0v) is 18.2. The first-order valence-corrected chi connectivity index (χ1v) is 10.4. The number of nitrogens with zero attached hydrogens (tertiary/aromatic N) is 3. The van der Waals surface area contributed by atoms with Crippen molar-refractivity contribution in [1.29, 1.82) is 0 Å². The van der Waals surface area contributed by atoms with Crippen molar-refractivity contribution in [3.05, 3.63) is 68.7 Å². The molecule has 11 heteroatoms. The van der Waals surface area contributed by atoms with E-state index in [2.05, 4.69) is 20.8 Å². The molecule has 2 amide bonds. The largest absolute Gasteiger partial charge is 0.326 e. The van der Waals surface area contributed by atoms with Crippen LogP contribution in [-0.2, 0) is 9.59 Å². The maximum absolute atomic E-state index is 12.3. The van der Waals surface area contributed by atoms with Gasteiger partial charge in [-0.15, -0.1) is 5.10 Å². The van der Waals surface area contributed by atoms with E-state index in [1.165, 1.54) is 12.1 Å². The first-order chi connectivity index (χ1) is 14.7. The van der Waals surface area contributed by atoms with E-state index in [0.717, 1.165) is 17.3 Å². The Kier molecular flexibility index (Phi) is 7.03. The number of halogens is 1. The van der Waals surface area contributed by atoms with Crippen molar-refractivity contribution in [1.82, 2.24) is 5.32 Å². The van der Waals surface area contributed by atoms with E-state index >= 15 is 0 Å². The highest BCUT2D eigenvalue weighted by atomic mass is 35.5. The number of nitro benzene ring substituents is 1. The number of hydrogen-bond donors (Lipinski definition) is 2. The first kappa shape index (κ1) is 22.4. The Balaban J connectivity index is 1.60. The number of nitrogens with one attached hydrogen (secondary N) is 2. The number of carbonyl (C=O) groups excluding carboxylic acids is 2. The first-order valence-electron chi connectivity index (χ1n) is 9.13. The Bertz CT molecular complexity index is 1100. The topological polar surface area (TPSA) is 126 Å². The van der Waals surface area contributed by atoms with Crippen molar-refractivity contribution in [2.45, 2.75) is 25.5 Å². The molecule has 3 rings (SSSR count). The molecule has 2 aromatic carbocycles. The van der Waals surface area contributed by atoms with Gasteiger partial charge in [0, 0.05) is 29.3 Å². The third-order valence-corrected chi connectivity index (χ3v) is 5.87. The molecule has 1 heterocycles. The molecule has 1 unspecified atom stereocenters. The Morgan fingerprint density at radius 3 is 2.65 bits per heavy atom. The van der Waals surface area contributed by atoms with Crippen LogP contribution in [0.1, 0.15) is 24.5 Å². The Labute approximate surface area is 187 Å². The maximum atomic E-state index is 12.3. The summed E-state index contributed by atoms with van der Waals surface area (Å²) in [7, 11) is 0. The van der Waals surface area contributed by atoms with Gasteiger partial charge in [0.2, 0.25) is 11.8 Å². The molecule has 9 nitrogen and oxygen atoms in total. The number of aryl methyl sites for hydroxylation is 1. The van der Waals surface area contributed by atoms with E-state index in [9.17, 15) is 19.7 Å². The quantitative estimate of drug-likeness (QED) is 0.385. The van der Waals surface area contributed by atoms with Crippen LogP contribution in [0.2, 0.25) is 5.02 Å². The van der Waals surface area contributed by atoms with E-state index in [1.54, 1.807) is 37.3 Å². The highest BCUT2D eigenvalue weighted by molar-refractivity contribution is 8.15. The lowest BCUT2D eigenvalue weighted by Crippen LogP contribution is -2.28. The van der Waals surface area contributed by atoms with Gasteiger partial charge in [0.1, 0.15) is 5.25 Å². The summed E-state index contributed by atoms with van der Waals surface area (Å²) in [6, 6.07) is 11.1. The van der Waals surface area contributed by atoms with E-state index in [1.807, 2.05) is 6.92 Å². The second-order valence-electron chi connectivity index (χ2n) is 6.71. The molecule has 1 saturated heterocycles. The average Bonchev–Trinajstić information content (AvgIpc) is 3.08. The van der Waals surface area contributed by atoms with E-state index < -0.39 is 10.2 Å². The number of carbonyl (C=O) groups is 2. The Hall–Kier alpha value is -3.24. The lowest BCUT2D eigenvalue weighted by molar-refractivity contribution is -0.384. The summed E-state index contributed by atoms with van der Waals surface area (Å²) in [6.45, 7) is 3.56. The van der Waals surface area contributed by atoms with Gasteiger partial charge >= 0.3 is 0 Å². The van der Waals surface area contributed by atoms with Gasteiger partial charge in [-0.1, -0.05) is 29.4 Å². The second kappa shape index (κ2) is 9.71. The van der Waals surface area contributed by atoms with Crippen molar-refractivity contribution < 1.29 is 14.5 Å². The van der Waals surface area contributed by atoms with E-state index in [4.69, 9.17) is 11.6 Å². The van der Waals surface area contributed by atoms with Gasteiger partial charge in [0.15, 0.2) is 5.17 Å². The second-order valence-corrected chi connectivity index (χ2v) is 8.31. The molecule has 1 fully saturated rings. The zero-order valence-electron chi connectivity index (χ0n) is 16.6. The molecule has 0 radical (unpaired) electrons. The van der Waals surface area contributed by atoms with Gasteiger partial charge < -0.3 is 10.6 Å². The minimum absolute atomic E-state index is 0.0181. The lowest BCUT2D eigenvalue weighted by Gasteiger charge is -2.08. The monoisotopic (exact) mass is 459 g/mol. The summed E-state index contributed by atoms with van der Waals surface area (Å²) < 4.78 is 0. The standard InChI is InChI=1S/C20H18ClN5O4S/c1-11-3-6-14(9-16(11)21)22-18(27)10-17-19(28)23-20(31-17)25-24-12(2)13-4-7-15(8-5-13)26(29)30/h3-9,17H,10H2,1-2H3,(H,22,27)(H,23,25,28)/b24-12+. The highest BCUT2D eigenvalue weighted by Gasteiger charge is 2.32. The Morgan fingerprint density at radius 2 is 2.00 bits per heavy atom. The van der Waals surface area contributed by atoms with Crippen LogP contribution in [0, 0.1) is 17.0 Å². The fraction of sp³-hybridized carbons (Fsp3) is 0.200. The fourth-order valence-corrected chi connectivity index (χ4v) is 3.74. The van der Waals surface area contributed by atoms with Crippen molar-refractivity contribution in [3.63, 3.8) is 0 Å². The minimum atomic E-state index is -0.630. The number of anilines is 1. The van der Waals surface area contributed by atoms with Crippen molar-refractivity contribution >= 4 is 57.4 Å². The molecule has 1 atom stereocenters. The molecule has 0 saturated carbocycles. The predicted octanol–water partition coefficient (Wildman–Crippen LogP) is 3.90. The van der Waals surface area contributed by atoms with Gasteiger partial charge in [-0.3, -0.25) is 19.7 Å². The zero-order chi connectivity index (χ0) is 22.5. The molecule has 0 aliphatic carbocycles. The predicted molar refractivity (Wildman–Crippen MR) is 122 cm³/mol. The van der Waals surface area contributed by atoms with Crippen molar-refractivity contribution in [2.75, 3.05) is 5.32 Å². The molecule has 31 heavy (non-hydrogen) atoms. The molecule has 1 aliphatic heterocycles. The Morgan fingerprint density at radius 1 is 1.29 bits per heavy atom. The van der Waals surface area contributed by atoms with Crippen LogP contribution in [0.3, 0.4) is 0 Å². The molecular weight excluding hydrogens is 442 g/mol. The van der Waals surface area contributed by atoms with Crippen molar-refractivity contribution in [3.8, 4) is 0 Å². The van der Waals surface area contributed by atoms with Crippen molar-refractivity contribution in [2.24, 2.45) is 10.2 Å². The van der Waals surface area contributed by atoms with Gasteiger partial charge in [-0.2, -0.15) is 5.10 Å². The summed E-state index contributed by atoms with van der Waals surface area (Å²) in [5.74, 6) is -0.650. The van der Waals surface area contributed by atoms with Gasteiger partial charge in [-0.05, 0) is 49.2 Å². The van der Waals surface area contributed by atoms with Gasteiger partial charge in [-0.25, -0.2) is 0 Å². The van der Waals surface area contributed by atoms with Gasteiger partial charge in [0.25, 0.3) is 5.69 Å². The van der Waals surface area contributed by atoms with Crippen LogP contribution < -0.4 is 10.6 Å². The van der Waals surface area contributed by atoms with Crippen LogP contribution in [0.25, 0.3) is 0 Å². The number of benzene rings is 2. The van der Waals surface area contributed by atoms with Gasteiger partial charge in [0.05, 0.1) is 10.6 Å². The summed E-state index contributed by atoms with van der Waals surface area (Å²) in [6.07, 6.45) is -0.0357. The number of amidine groups is 1. The van der Waals surface area contributed by atoms with Crippen LogP contribution in [-0.4, -0.2) is 32.9 Å². The highest BCUT2D eigenvalue weighted by Crippen LogP contribution is 2.24. The summed E-state index contributed by atoms with van der Waals surface area (Å²) in [4.78, 5) is 34.7. The summed E-state index contributed by atoms with van der Waals surface area (Å²) in [5.41, 5.74) is 2.62. The maximum Gasteiger partial charge on any atom is 0.269 e. The van der Waals surface area contributed by atoms with Crippen LogP contribution >= 0.6 is 23.4 Å². The third kappa shape index (κ3) is 5.89. The molecule has 2 aromatic rings. The molecule has 1 aliphatic rings. The third-order valence-electron chi connectivity index (χ3n) is 4.39. The number of amides is 2. The van der Waals surface area contributed by atoms with E-state index in [0.29, 0.717) is 22.0 Å². The molecule has 0 aromatic heterocycles. The summed E-state index contributed by atoms with van der Waals surface area (Å²) in [5, 5.41) is 24.3. The molecule has 0 bridgehead atoms. The average molecular weight is 460 g/mol. The van der Waals surface area contributed by atoms with Crippen LogP contribution in [0.5, 0.6) is 0 Å². The number of thioether (sulfide) groups is 1. The smallest absolute Gasteiger partial charge is 0.269 e. The van der Waals surface area contributed by atoms with Crippen LogP contribution in [0.15, 0.2) is 52.7 Å². The molecule has 2 N–H and O–H groups in total. The summed E-state index contributed by atoms with van der Waals surface area (Å²) >= 11 is 7.17. The number of hydrogen-bond acceptors (Lipinski definition) is 7. The van der Waals surface area contributed by atoms with E-state index in [-0.39, 0.29) is 29.1 Å². The molecule has 160 valence electrons. The number of nitro groups is 1. The normalized spacial score (nSPS) is 17.5. The molecule has 0 spiro atoms. The lowest BCUT2D eigenvalue weighted by atomic mass is 10.1. The molecular formula is C20H18ClN5O4S. The SMILES string of the molecule is C/C(=N\N=C1\NC(=O)C(CC(=O)Nc2ccc(C)c(Cl)c2)S1)c1ccc([N+](=O)[O-])cc1.